The number of aliphatic hydroxyl groups is 1. The minimum atomic E-state index is 0.102. The molecule has 0 unspecified atom stereocenters. The number of rotatable bonds is 8. The van der Waals surface area contributed by atoms with Gasteiger partial charge in [-0.25, -0.2) is 0 Å². The van der Waals surface area contributed by atoms with Crippen molar-refractivity contribution in [1.82, 2.24) is 9.88 Å². The van der Waals surface area contributed by atoms with E-state index in [4.69, 9.17) is 9.47 Å². The van der Waals surface area contributed by atoms with Crippen LogP contribution < -0.4 is 9.47 Å². The van der Waals surface area contributed by atoms with Crippen LogP contribution in [0, 0.1) is 6.92 Å². The number of pyridine rings is 1. The summed E-state index contributed by atoms with van der Waals surface area (Å²) in [5.74, 6) is 1.55. The van der Waals surface area contributed by atoms with Gasteiger partial charge in [-0.15, -0.1) is 0 Å². The summed E-state index contributed by atoms with van der Waals surface area (Å²) in [4.78, 5) is 6.58. The van der Waals surface area contributed by atoms with Gasteiger partial charge in [0.05, 0.1) is 26.5 Å². The van der Waals surface area contributed by atoms with Crippen LogP contribution in [0.15, 0.2) is 36.5 Å². The summed E-state index contributed by atoms with van der Waals surface area (Å²) in [5.41, 5.74) is 3.17. The lowest BCUT2D eigenvalue weighted by molar-refractivity contribution is 0.181. The molecule has 0 fully saturated rings. The molecule has 5 heteroatoms. The molecule has 5 nitrogen and oxygen atoms in total. The summed E-state index contributed by atoms with van der Waals surface area (Å²) in [6, 6.07) is 9.85. The van der Waals surface area contributed by atoms with E-state index in [1.54, 1.807) is 14.2 Å². The molecular weight excluding hydrogens is 292 g/mol. The quantitative estimate of drug-likeness (QED) is 0.810. The maximum atomic E-state index is 9.33. The fraction of sp³-hybridized carbons (Fsp3) is 0.389. The lowest BCUT2D eigenvalue weighted by Gasteiger charge is -2.22. The number of aryl methyl sites for hydroxylation is 1. The molecule has 0 saturated heterocycles. The molecule has 0 atom stereocenters. The minimum absolute atomic E-state index is 0.102. The highest BCUT2D eigenvalue weighted by molar-refractivity contribution is 5.40. The van der Waals surface area contributed by atoms with Gasteiger partial charge in [0, 0.05) is 37.5 Å². The molecule has 0 radical (unpaired) electrons. The zero-order chi connectivity index (χ0) is 16.7. The van der Waals surface area contributed by atoms with Gasteiger partial charge >= 0.3 is 0 Å². The molecule has 124 valence electrons. The van der Waals surface area contributed by atoms with Gasteiger partial charge < -0.3 is 14.6 Å². The molecule has 1 aromatic heterocycles. The molecule has 2 aromatic rings. The molecule has 2 rings (SSSR count). The predicted molar refractivity (Wildman–Crippen MR) is 89.7 cm³/mol. The van der Waals surface area contributed by atoms with Crippen molar-refractivity contribution in [3.8, 4) is 11.5 Å². The van der Waals surface area contributed by atoms with Gasteiger partial charge in [0.1, 0.15) is 11.5 Å². The first-order valence-corrected chi connectivity index (χ1v) is 7.62. The largest absolute Gasteiger partial charge is 0.497 e. The Morgan fingerprint density at radius 3 is 2.52 bits per heavy atom. The Morgan fingerprint density at radius 2 is 1.91 bits per heavy atom. The molecule has 0 aliphatic rings. The third-order valence-corrected chi connectivity index (χ3v) is 3.66. The summed E-state index contributed by atoms with van der Waals surface area (Å²) in [6.45, 7) is 4.04. The Labute approximate surface area is 137 Å². The zero-order valence-electron chi connectivity index (χ0n) is 14.0. The summed E-state index contributed by atoms with van der Waals surface area (Å²) in [7, 11) is 3.28. The van der Waals surface area contributed by atoms with Gasteiger partial charge in [-0.05, 0) is 24.6 Å². The molecule has 0 spiro atoms. The molecule has 0 amide bonds. The average molecular weight is 316 g/mol. The van der Waals surface area contributed by atoms with E-state index in [1.807, 2.05) is 43.5 Å². The molecule has 0 bridgehead atoms. The Bertz CT molecular complexity index is 614. The maximum absolute atomic E-state index is 9.33. The highest BCUT2D eigenvalue weighted by atomic mass is 16.5. The summed E-state index contributed by atoms with van der Waals surface area (Å²) >= 11 is 0. The molecule has 23 heavy (non-hydrogen) atoms. The Morgan fingerprint density at radius 1 is 1.09 bits per heavy atom. The molecule has 1 heterocycles. The normalized spacial score (nSPS) is 10.8. The fourth-order valence-electron chi connectivity index (χ4n) is 2.40. The second kappa shape index (κ2) is 8.50. The molecule has 1 aromatic carbocycles. The van der Waals surface area contributed by atoms with Crippen molar-refractivity contribution in [2.24, 2.45) is 0 Å². The van der Waals surface area contributed by atoms with Crippen molar-refractivity contribution >= 4 is 0 Å². The van der Waals surface area contributed by atoms with Crippen molar-refractivity contribution in [3.63, 3.8) is 0 Å². The lowest BCUT2D eigenvalue weighted by atomic mass is 10.1. The topological polar surface area (TPSA) is 54.8 Å². The van der Waals surface area contributed by atoms with Crippen molar-refractivity contribution in [1.29, 1.82) is 0 Å². The molecule has 0 aliphatic carbocycles. The van der Waals surface area contributed by atoms with Crippen LogP contribution in [0.2, 0.25) is 0 Å². The van der Waals surface area contributed by atoms with Crippen molar-refractivity contribution in [2.45, 2.75) is 20.0 Å². The number of hydrogen-bond acceptors (Lipinski definition) is 5. The van der Waals surface area contributed by atoms with Gasteiger partial charge in [0.15, 0.2) is 0 Å². The molecule has 0 aliphatic heterocycles. The SMILES string of the molecule is COc1ccc(CN(CCO)Cc2ccc(C)cn2)c(OC)c1. The number of hydrogen-bond donors (Lipinski definition) is 1. The number of benzene rings is 1. The van der Waals surface area contributed by atoms with Gasteiger partial charge in [-0.1, -0.05) is 12.1 Å². The monoisotopic (exact) mass is 316 g/mol. The lowest BCUT2D eigenvalue weighted by Crippen LogP contribution is -2.26. The number of methoxy groups -OCH3 is 2. The summed E-state index contributed by atoms with van der Waals surface area (Å²) in [6.07, 6.45) is 1.86. The van der Waals surface area contributed by atoms with Gasteiger partial charge in [0.2, 0.25) is 0 Å². The van der Waals surface area contributed by atoms with Crippen molar-refractivity contribution < 1.29 is 14.6 Å². The Hall–Kier alpha value is -2.11. The fourth-order valence-corrected chi connectivity index (χ4v) is 2.40. The van der Waals surface area contributed by atoms with E-state index < -0.39 is 0 Å². The second-order valence-corrected chi connectivity index (χ2v) is 5.44. The Balaban J connectivity index is 2.13. The highest BCUT2D eigenvalue weighted by Gasteiger charge is 2.12. The van der Waals surface area contributed by atoms with Gasteiger partial charge in [-0.3, -0.25) is 9.88 Å². The first kappa shape index (κ1) is 17.2. The third kappa shape index (κ3) is 4.94. The number of ether oxygens (including phenoxy) is 2. The summed E-state index contributed by atoms with van der Waals surface area (Å²) < 4.78 is 10.7. The van der Waals surface area contributed by atoms with Crippen molar-refractivity contribution in [2.75, 3.05) is 27.4 Å². The first-order chi connectivity index (χ1) is 11.2. The van der Waals surface area contributed by atoms with Crippen LogP contribution in [0.3, 0.4) is 0 Å². The van der Waals surface area contributed by atoms with Crippen LogP contribution in [0.1, 0.15) is 16.8 Å². The van der Waals surface area contributed by atoms with E-state index in [1.165, 1.54) is 0 Å². The van der Waals surface area contributed by atoms with Crippen LogP contribution in [0.4, 0.5) is 0 Å². The van der Waals surface area contributed by atoms with E-state index in [2.05, 4.69) is 9.88 Å². The molecule has 1 N–H and O–H groups in total. The predicted octanol–water partition coefficient (Wildman–Crippen LogP) is 2.40. The smallest absolute Gasteiger partial charge is 0.127 e. The van der Waals surface area contributed by atoms with Crippen LogP contribution >= 0.6 is 0 Å². The van der Waals surface area contributed by atoms with Crippen LogP contribution in [0.25, 0.3) is 0 Å². The van der Waals surface area contributed by atoms with Gasteiger partial charge in [0.25, 0.3) is 0 Å². The second-order valence-electron chi connectivity index (χ2n) is 5.44. The van der Waals surface area contributed by atoms with E-state index in [0.717, 1.165) is 28.3 Å². The minimum Gasteiger partial charge on any atom is -0.497 e. The third-order valence-electron chi connectivity index (χ3n) is 3.66. The number of nitrogens with zero attached hydrogens (tertiary/aromatic N) is 2. The number of aromatic nitrogens is 1. The maximum Gasteiger partial charge on any atom is 0.127 e. The van der Waals surface area contributed by atoms with E-state index in [-0.39, 0.29) is 6.61 Å². The van der Waals surface area contributed by atoms with Crippen LogP contribution in [0.5, 0.6) is 11.5 Å². The van der Waals surface area contributed by atoms with Crippen molar-refractivity contribution in [3.05, 3.63) is 53.3 Å². The van der Waals surface area contributed by atoms with E-state index >= 15 is 0 Å². The van der Waals surface area contributed by atoms with E-state index in [0.29, 0.717) is 19.6 Å². The average Bonchev–Trinajstić information content (AvgIpc) is 2.57. The van der Waals surface area contributed by atoms with Gasteiger partial charge in [-0.2, -0.15) is 0 Å². The van der Waals surface area contributed by atoms with Crippen LogP contribution in [-0.2, 0) is 13.1 Å². The first-order valence-electron chi connectivity index (χ1n) is 7.62. The summed E-state index contributed by atoms with van der Waals surface area (Å²) in [5, 5.41) is 9.33. The Kier molecular flexibility index (Phi) is 6.38. The van der Waals surface area contributed by atoms with E-state index in [9.17, 15) is 5.11 Å². The molecule has 0 saturated carbocycles. The zero-order valence-corrected chi connectivity index (χ0v) is 14.0. The van der Waals surface area contributed by atoms with Crippen LogP contribution in [-0.4, -0.2) is 42.4 Å². The highest BCUT2D eigenvalue weighted by Crippen LogP contribution is 2.26. The molecular formula is C18H24N2O3. The number of aliphatic hydroxyl groups excluding tert-OH is 1. The standard InChI is InChI=1S/C18H24N2O3/c1-14-4-6-16(19-11-14)13-20(8-9-21)12-15-5-7-17(22-2)10-18(15)23-3/h4-7,10-11,21H,8-9,12-13H2,1-3H3.